The molecule has 0 spiro atoms. The normalized spacial score (nSPS) is 18.8. The van der Waals surface area contributed by atoms with Gasteiger partial charge in [-0.25, -0.2) is 9.37 Å². The third kappa shape index (κ3) is 5.56. The van der Waals surface area contributed by atoms with Crippen LogP contribution in [0.2, 0.25) is 0 Å². The van der Waals surface area contributed by atoms with Gasteiger partial charge in [0.2, 0.25) is 0 Å². The molecule has 1 aromatic carbocycles. The number of nitrogens with one attached hydrogen (secondary N) is 3. The third-order valence-corrected chi connectivity index (χ3v) is 4.14. The van der Waals surface area contributed by atoms with E-state index in [9.17, 15) is 9.18 Å². The van der Waals surface area contributed by atoms with E-state index in [0.29, 0.717) is 23.1 Å². The SMILES string of the molecule is CC1CC(NC(=O)c2cccnc2Nc2ccccc2F)CCN1.Cl.Cl. The fourth-order valence-corrected chi connectivity index (χ4v) is 2.90. The molecule has 142 valence electrons. The van der Waals surface area contributed by atoms with Crippen LogP contribution in [0.25, 0.3) is 0 Å². The summed E-state index contributed by atoms with van der Waals surface area (Å²) in [5.41, 5.74) is 0.702. The molecule has 1 saturated heterocycles. The first-order chi connectivity index (χ1) is 11.6. The largest absolute Gasteiger partial charge is 0.349 e. The number of benzene rings is 1. The Bertz CT molecular complexity index is 732. The second kappa shape index (κ2) is 10.3. The van der Waals surface area contributed by atoms with Crippen LogP contribution in [-0.4, -0.2) is 29.5 Å². The van der Waals surface area contributed by atoms with Crippen LogP contribution in [0.15, 0.2) is 42.6 Å². The van der Waals surface area contributed by atoms with Gasteiger partial charge in [0, 0.05) is 18.3 Å². The Labute approximate surface area is 165 Å². The van der Waals surface area contributed by atoms with Gasteiger partial charge in [0.25, 0.3) is 5.91 Å². The van der Waals surface area contributed by atoms with Crippen molar-refractivity contribution in [2.45, 2.75) is 31.8 Å². The summed E-state index contributed by atoms with van der Waals surface area (Å²) in [4.78, 5) is 16.8. The van der Waals surface area contributed by atoms with Crippen LogP contribution in [0.4, 0.5) is 15.9 Å². The predicted molar refractivity (Wildman–Crippen MR) is 106 cm³/mol. The topological polar surface area (TPSA) is 66.0 Å². The Balaban J connectivity index is 0.00000169. The lowest BCUT2D eigenvalue weighted by Gasteiger charge is -2.28. The van der Waals surface area contributed by atoms with Crippen molar-refractivity contribution in [1.82, 2.24) is 15.6 Å². The average Bonchev–Trinajstić information content (AvgIpc) is 2.57. The summed E-state index contributed by atoms with van der Waals surface area (Å²) in [5.74, 6) is -0.232. The highest BCUT2D eigenvalue weighted by atomic mass is 35.5. The molecule has 8 heteroatoms. The van der Waals surface area contributed by atoms with Crippen LogP contribution in [0.3, 0.4) is 0 Å². The highest BCUT2D eigenvalue weighted by Gasteiger charge is 2.22. The van der Waals surface area contributed by atoms with E-state index >= 15 is 0 Å². The number of nitrogens with zero attached hydrogens (tertiary/aromatic N) is 1. The molecule has 1 aliphatic rings. The second-order valence-corrected chi connectivity index (χ2v) is 6.05. The van der Waals surface area contributed by atoms with Crippen molar-refractivity contribution in [3.8, 4) is 0 Å². The minimum absolute atomic E-state index is 0. The van der Waals surface area contributed by atoms with E-state index in [2.05, 4.69) is 27.9 Å². The lowest BCUT2D eigenvalue weighted by atomic mass is 10.0. The highest BCUT2D eigenvalue weighted by molar-refractivity contribution is 5.99. The Morgan fingerprint density at radius 2 is 2.00 bits per heavy atom. The Kier molecular flexibility index (Phi) is 8.78. The van der Waals surface area contributed by atoms with Gasteiger partial charge in [0.15, 0.2) is 0 Å². The molecule has 2 atom stereocenters. The van der Waals surface area contributed by atoms with E-state index in [1.54, 1.807) is 36.5 Å². The number of para-hydroxylation sites is 1. The van der Waals surface area contributed by atoms with Crippen LogP contribution in [0.5, 0.6) is 0 Å². The Hall–Kier alpha value is -1.89. The van der Waals surface area contributed by atoms with Crippen molar-refractivity contribution in [1.29, 1.82) is 0 Å². The molecule has 3 rings (SSSR count). The summed E-state index contributed by atoms with van der Waals surface area (Å²) in [6.07, 6.45) is 3.36. The molecule has 2 unspecified atom stereocenters. The molecular formula is C18H23Cl2FN4O. The maximum absolute atomic E-state index is 13.8. The molecule has 0 aliphatic carbocycles. The standard InChI is InChI=1S/C18H21FN4O.2ClH/c1-12-11-13(8-10-20-12)22-18(24)14-5-4-9-21-17(14)23-16-7-3-2-6-15(16)19;;/h2-7,9,12-13,20H,8,10-11H2,1H3,(H,21,23)(H,22,24);2*1H. The summed E-state index contributed by atoms with van der Waals surface area (Å²) in [7, 11) is 0. The molecule has 2 aromatic rings. The molecule has 3 N–H and O–H groups in total. The maximum atomic E-state index is 13.8. The van der Waals surface area contributed by atoms with Crippen LogP contribution >= 0.6 is 24.8 Å². The Morgan fingerprint density at radius 3 is 2.73 bits per heavy atom. The molecule has 0 saturated carbocycles. The van der Waals surface area contributed by atoms with Gasteiger partial charge in [-0.05, 0) is 50.6 Å². The van der Waals surface area contributed by atoms with Crippen molar-refractivity contribution >= 4 is 42.2 Å². The molecule has 1 aliphatic heterocycles. The molecule has 5 nitrogen and oxygen atoms in total. The number of hydrogen-bond donors (Lipinski definition) is 3. The van der Waals surface area contributed by atoms with Crippen molar-refractivity contribution < 1.29 is 9.18 Å². The number of hydrogen-bond acceptors (Lipinski definition) is 4. The van der Waals surface area contributed by atoms with E-state index in [1.807, 2.05) is 0 Å². The van der Waals surface area contributed by atoms with E-state index < -0.39 is 0 Å². The molecule has 1 fully saturated rings. The first-order valence-corrected chi connectivity index (χ1v) is 8.14. The van der Waals surface area contributed by atoms with Gasteiger partial charge in [0.05, 0.1) is 11.3 Å². The number of amides is 1. The van der Waals surface area contributed by atoms with Crippen LogP contribution < -0.4 is 16.0 Å². The highest BCUT2D eigenvalue weighted by Crippen LogP contribution is 2.21. The zero-order valence-corrected chi connectivity index (χ0v) is 16.0. The van der Waals surface area contributed by atoms with E-state index in [-0.39, 0.29) is 42.6 Å². The lowest BCUT2D eigenvalue weighted by molar-refractivity contribution is 0.0926. The summed E-state index contributed by atoms with van der Waals surface area (Å²) in [5, 5.41) is 9.32. The molecule has 2 heterocycles. The minimum atomic E-state index is -0.387. The van der Waals surface area contributed by atoms with Crippen LogP contribution in [0, 0.1) is 5.82 Å². The van der Waals surface area contributed by atoms with Gasteiger partial charge < -0.3 is 16.0 Å². The number of pyridine rings is 1. The fourth-order valence-electron chi connectivity index (χ4n) is 2.90. The zero-order valence-electron chi connectivity index (χ0n) is 14.4. The quantitative estimate of drug-likeness (QED) is 0.732. The number of carbonyl (C=O) groups is 1. The van der Waals surface area contributed by atoms with Crippen molar-refractivity contribution in [3.05, 3.63) is 54.0 Å². The number of carbonyl (C=O) groups excluding carboxylic acids is 1. The summed E-state index contributed by atoms with van der Waals surface area (Å²) in [6, 6.07) is 10.2. The molecule has 0 bridgehead atoms. The minimum Gasteiger partial charge on any atom is -0.349 e. The van der Waals surface area contributed by atoms with Gasteiger partial charge in [-0.2, -0.15) is 0 Å². The van der Waals surface area contributed by atoms with Gasteiger partial charge in [-0.1, -0.05) is 12.1 Å². The van der Waals surface area contributed by atoms with Gasteiger partial charge in [-0.15, -0.1) is 24.8 Å². The van der Waals surface area contributed by atoms with Gasteiger partial charge in [-0.3, -0.25) is 4.79 Å². The van der Waals surface area contributed by atoms with E-state index in [4.69, 9.17) is 0 Å². The zero-order chi connectivity index (χ0) is 16.9. The summed E-state index contributed by atoms with van der Waals surface area (Å²) < 4.78 is 13.8. The van der Waals surface area contributed by atoms with E-state index in [1.165, 1.54) is 6.07 Å². The Morgan fingerprint density at radius 1 is 1.23 bits per heavy atom. The summed E-state index contributed by atoms with van der Waals surface area (Å²) in [6.45, 7) is 2.99. The predicted octanol–water partition coefficient (Wildman–Crippen LogP) is 3.68. The molecule has 1 aromatic heterocycles. The molecule has 1 amide bonds. The second-order valence-electron chi connectivity index (χ2n) is 6.05. The fraction of sp³-hybridized carbons (Fsp3) is 0.333. The van der Waals surface area contributed by atoms with Crippen molar-refractivity contribution in [3.63, 3.8) is 0 Å². The number of aromatic nitrogens is 1. The van der Waals surface area contributed by atoms with Crippen molar-refractivity contribution in [2.24, 2.45) is 0 Å². The molecule has 26 heavy (non-hydrogen) atoms. The smallest absolute Gasteiger partial charge is 0.255 e. The lowest BCUT2D eigenvalue weighted by Crippen LogP contribution is -2.46. The maximum Gasteiger partial charge on any atom is 0.255 e. The van der Waals surface area contributed by atoms with Crippen molar-refractivity contribution in [2.75, 3.05) is 11.9 Å². The number of anilines is 2. The first kappa shape index (κ1) is 22.2. The van der Waals surface area contributed by atoms with Gasteiger partial charge >= 0.3 is 0 Å². The van der Waals surface area contributed by atoms with Crippen LogP contribution in [0.1, 0.15) is 30.1 Å². The van der Waals surface area contributed by atoms with Crippen LogP contribution in [-0.2, 0) is 0 Å². The first-order valence-electron chi connectivity index (χ1n) is 8.14. The monoisotopic (exact) mass is 400 g/mol. The summed E-state index contributed by atoms with van der Waals surface area (Å²) >= 11 is 0. The number of piperidine rings is 1. The number of rotatable bonds is 4. The third-order valence-electron chi connectivity index (χ3n) is 4.14. The molecule has 0 radical (unpaired) electrons. The van der Waals surface area contributed by atoms with Gasteiger partial charge in [0.1, 0.15) is 11.6 Å². The van der Waals surface area contributed by atoms with E-state index in [0.717, 1.165) is 19.4 Å². The number of halogens is 3. The molecular weight excluding hydrogens is 378 g/mol. The average molecular weight is 401 g/mol.